The van der Waals surface area contributed by atoms with Gasteiger partial charge in [0.25, 0.3) is 0 Å². The molecular formula is C21H29NO2. The van der Waals surface area contributed by atoms with E-state index in [9.17, 15) is 9.59 Å². The summed E-state index contributed by atoms with van der Waals surface area (Å²) in [4.78, 5) is 26.8. The van der Waals surface area contributed by atoms with Gasteiger partial charge in [0.15, 0.2) is 0 Å². The van der Waals surface area contributed by atoms with E-state index < -0.39 is 0 Å². The van der Waals surface area contributed by atoms with Crippen molar-refractivity contribution in [3.05, 3.63) is 49.3 Å². The Kier molecular flexibility index (Phi) is 5.32. The van der Waals surface area contributed by atoms with Gasteiger partial charge in [-0.15, -0.1) is 0 Å². The Morgan fingerprint density at radius 3 is 1.79 bits per heavy atom. The second kappa shape index (κ2) is 6.92. The summed E-state index contributed by atoms with van der Waals surface area (Å²) < 4.78 is 0. The van der Waals surface area contributed by atoms with Crippen molar-refractivity contribution in [2.24, 2.45) is 11.8 Å². The topological polar surface area (TPSA) is 37.4 Å². The zero-order valence-corrected chi connectivity index (χ0v) is 16.0. The second-order valence-electron chi connectivity index (χ2n) is 7.83. The molecule has 130 valence electrons. The summed E-state index contributed by atoms with van der Waals surface area (Å²) in [7, 11) is 0. The van der Waals surface area contributed by atoms with Crippen LogP contribution < -0.4 is 15.8 Å². The molecule has 0 aromatic heterocycles. The fourth-order valence-corrected chi connectivity index (χ4v) is 3.30. The van der Waals surface area contributed by atoms with Gasteiger partial charge in [-0.1, -0.05) is 39.8 Å². The highest BCUT2D eigenvalue weighted by Gasteiger charge is 2.28. The molecule has 0 unspecified atom stereocenters. The molecular weight excluding hydrogens is 298 g/mol. The van der Waals surface area contributed by atoms with Crippen molar-refractivity contribution in [2.75, 3.05) is 18.0 Å². The van der Waals surface area contributed by atoms with Crippen LogP contribution in [0.1, 0.15) is 44.4 Å². The van der Waals surface area contributed by atoms with E-state index in [4.69, 9.17) is 0 Å². The van der Waals surface area contributed by atoms with Gasteiger partial charge in [-0.05, 0) is 54.9 Å². The number of nitrogens with zero attached hydrogens (tertiary/aromatic N) is 1. The second-order valence-corrected chi connectivity index (χ2v) is 7.83. The van der Waals surface area contributed by atoms with Crippen LogP contribution in [-0.4, -0.2) is 13.1 Å². The maximum Gasteiger partial charge on any atom is 0.250 e. The van der Waals surface area contributed by atoms with Gasteiger partial charge in [0.1, 0.15) is 5.69 Å². The molecule has 24 heavy (non-hydrogen) atoms. The molecule has 0 fully saturated rings. The van der Waals surface area contributed by atoms with E-state index in [0.29, 0.717) is 23.1 Å². The Labute approximate surface area is 145 Å². The first-order chi connectivity index (χ1) is 11.1. The number of benzene rings is 1. The maximum absolute atomic E-state index is 12.4. The van der Waals surface area contributed by atoms with E-state index in [-0.39, 0.29) is 10.9 Å². The lowest BCUT2D eigenvalue weighted by Crippen LogP contribution is -2.44. The van der Waals surface area contributed by atoms with Gasteiger partial charge >= 0.3 is 0 Å². The van der Waals surface area contributed by atoms with Crippen LogP contribution in [0.25, 0.3) is 11.1 Å². The van der Waals surface area contributed by atoms with Crippen LogP contribution in [-0.2, 0) is 0 Å². The minimum absolute atomic E-state index is 0.330. The van der Waals surface area contributed by atoms with E-state index >= 15 is 0 Å². The average Bonchev–Trinajstić information content (AvgIpc) is 2.46. The van der Waals surface area contributed by atoms with Crippen LogP contribution in [0.15, 0.2) is 21.7 Å². The highest BCUT2D eigenvalue weighted by Crippen LogP contribution is 2.32. The Morgan fingerprint density at radius 1 is 0.792 bits per heavy atom. The molecule has 0 N–H and O–H groups in total. The molecule has 3 heteroatoms. The fourth-order valence-electron chi connectivity index (χ4n) is 3.30. The minimum atomic E-state index is -0.339. The van der Waals surface area contributed by atoms with Crippen molar-refractivity contribution < 1.29 is 0 Å². The summed E-state index contributed by atoms with van der Waals surface area (Å²) in [5.74, 6) is 0.865. The van der Waals surface area contributed by atoms with Crippen molar-refractivity contribution >= 4 is 5.69 Å². The lowest BCUT2D eigenvalue weighted by atomic mass is 9.90. The largest absolute Gasteiger partial charge is 0.367 e. The zero-order valence-electron chi connectivity index (χ0n) is 16.0. The molecule has 2 rings (SSSR count). The molecule has 2 aromatic carbocycles. The summed E-state index contributed by atoms with van der Waals surface area (Å²) in [6, 6.07) is 4.15. The van der Waals surface area contributed by atoms with Crippen LogP contribution in [0.2, 0.25) is 0 Å². The number of aryl methyl sites for hydroxylation is 3. The molecule has 3 nitrogen and oxygen atoms in total. The maximum atomic E-state index is 12.4. The van der Waals surface area contributed by atoms with E-state index in [0.717, 1.165) is 29.8 Å². The molecule has 0 aliphatic heterocycles. The van der Waals surface area contributed by atoms with Gasteiger partial charge in [0.2, 0.25) is 10.9 Å². The highest BCUT2D eigenvalue weighted by atomic mass is 16.2. The summed E-state index contributed by atoms with van der Waals surface area (Å²) >= 11 is 0. The quantitative estimate of drug-likeness (QED) is 0.753. The van der Waals surface area contributed by atoms with Crippen LogP contribution in [0, 0.1) is 32.6 Å². The summed E-state index contributed by atoms with van der Waals surface area (Å²) in [5.41, 5.74) is 4.88. The molecule has 2 aromatic rings. The third-order valence-corrected chi connectivity index (χ3v) is 4.48. The Bertz CT molecular complexity index is 798. The molecule has 0 bridgehead atoms. The lowest BCUT2D eigenvalue weighted by molar-refractivity contribution is 0.551. The van der Waals surface area contributed by atoms with Crippen molar-refractivity contribution in [1.82, 2.24) is 0 Å². The Morgan fingerprint density at radius 2 is 1.29 bits per heavy atom. The summed E-state index contributed by atoms with van der Waals surface area (Å²) in [6.45, 7) is 16.3. The third kappa shape index (κ3) is 3.45. The van der Waals surface area contributed by atoms with Crippen LogP contribution in [0.5, 0.6) is 0 Å². The van der Waals surface area contributed by atoms with Crippen molar-refractivity contribution in [3.63, 3.8) is 0 Å². The van der Waals surface area contributed by atoms with E-state index in [1.165, 1.54) is 5.56 Å². The van der Waals surface area contributed by atoms with Gasteiger partial charge in [-0.3, -0.25) is 9.59 Å². The zero-order chi connectivity index (χ0) is 18.2. The number of rotatable bonds is 6. The molecule has 0 amide bonds. The monoisotopic (exact) mass is 327 g/mol. The third-order valence-electron chi connectivity index (χ3n) is 4.48. The Balaban J connectivity index is 2.58. The molecule has 0 aliphatic rings. The van der Waals surface area contributed by atoms with E-state index in [2.05, 4.69) is 45.6 Å². The normalized spacial score (nSPS) is 11.7. The standard InChI is InChI=1S/C21H29NO2/c1-12(2)10-22(11-13(3)4)19-18(20(23)21(19)24)17-9-15(6)14(5)8-16(17)7/h8-9,12-13H,10-11H2,1-7H3. The molecule has 0 radical (unpaired) electrons. The molecule has 0 heterocycles. The van der Waals surface area contributed by atoms with Gasteiger partial charge in [0.05, 0.1) is 5.56 Å². The smallest absolute Gasteiger partial charge is 0.250 e. The summed E-state index contributed by atoms with van der Waals surface area (Å²) in [6.07, 6.45) is 0. The number of anilines is 1. The lowest BCUT2D eigenvalue weighted by Gasteiger charge is -2.31. The first kappa shape index (κ1) is 18.4. The number of hydrogen-bond acceptors (Lipinski definition) is 3. The predicted molar refractivity (Wildman–Crippen MR) is 103 cm³/mol. The predicted octanol–water partition coefficient (Wildman–Crippen LogP) is 3.99. The van der Waals surface area contributed by atoms with Crippen LogP contribution >= 0.6 is 0 Å². The van der Waals surface area contributed by atoms with Gasteiger partial charge in [0, 0.05) is 13.1 Å². The fraction of sp³-hybridized carbons (Fsp3) is 0.524. The number of hydrogen-bond donors (Lipinski definition) is 0. The van der Waals surface area contributed by atoms with Gasteiger partial charge in [-0.25, -0.2) is 0 Å². The summed E-state index contributed by atoms with van der Waals surface area (Å²) in [5, 5.41) is 0. The average molecular weight is 327 g/mol. The highest BCUT2D eigenvalue weighted by molar-refractivity contribution is 5.84. The minimum Gasteiger partial charge on any atom is -0.367 e. The van der Waals surface area contributed by atoms with E-state index in [1.807, 2.05) is 19.9 Å². The van der Waals surface area contributed by atoms with Crippen LogP contribution in [0.4, 0.5) is 5.69 Å². The van der Waals surface area contributed by atoms with E-state index in [1.54, 1.807) is 0 Å². The van der Waals surface area contributed by atoms with Gasteiger partial charge in [-0.2, -0.15) is 0 Å². The molecule has 0 atom stereocenters. The van der Waals surface area contributed by atoms with Crippen LogP contribution in [0.3, 0.4) is 0 Å². The SMILES string of the molecule is Cc1cc(C)c(-c2c(N(CC(C)C)CC(C)C)c(=O)c2=O)cc1C. The first-order valence-corrected chi connectivity index (χ1v) is 8.79. The Hall–Kier alpha value is -1.90. The van der Waals surface area contributed by atoms with Crippen molar-refractivity contribution in [2.45, 2.75) is 48.5 Å². The van der Waals surface area contributed by atoms with Crippen molar-refractivity contribution in [1.29, 1.82) is 0 Å². The van der Waals surface area contributed by atoms with Crippen molar-refractivity contribution in [3.8, 4) is 11.1 Å². The molecule has 0 spiro atoms. The van der Waals surface area contributed by atoms with Gasteiger partial charge < -0.3 is 4.90 Å². The first-order valence-electron chi connectivity index (χ1n) is 8.79. The molecule has 0 aliphatic carbocycles. The molecule has 0 saturated heterocycles. The molecule has 0 saturated carbocycles.